The standard InChI is InChI=1S/C16H17N3O4S2/c1-3-14-17-16(18-23-14)11-9-15(24-10-11)25(20,21)19-12-5-7-13(8-6-12)22-4-2/h5-10,19H,3-4H2,1-2H3. The maximum Gasteiger partial charge on any atom is 0.271 e. The van der Waals surface area contributed by atoms with Crippen LogP contribution in [0.15, 0.2) is 44.4 Å². The lowest BCUT2D eigenvalue weighted by Crippen LogP contribution is -2.11. The minimum absolute atomic E-state index is 0.180. The Kier molecular flexibility index (Phi) is 5.05. The Morgan fingerprint density at radius 2 is 2.00 bits per heavy atom. The van der Waals surface area contributed by atoms with Crippen molar-refractivity contribution in [2.45, 2.75) is 24.5 Å². The fourth-order valence-electron chi connectivity index (χ4n) is 2.08. The number of aromatic nitrogens is 2. The summed E-state index contributed by atoms with van der Waals surface area (Å²) in [5.41, 5.74) is 1.08. The van der Waals surface area contributed by atoms with Crippen LogP contribution >= 0.6 is 11.3 Å². The molecule has 0 bridgehead atoms. The molecule has 0 fully saturated rings. The van der Waals surface area contributed by atoms with E-state index in [-0.39, 0.29) is 4.21 Å². The average molecular weight is 379 g/mol. The molecule has 2 aromatic heterocycles. The van der Waals surface area contributed by atoms with E-state index in [1.807, 2.05) is 13.8 Å². The zero-order valence-electron chi connectivity index (χ0n) is 13.7. The van der Waals surface area contributed by atoms with Crippen LogP contribution in [0.1, 0.15) is 19.7 Å². The minimum atomic E-state index is -3.68. The van der Waals surface area contributed by atoms with Gasteiger partial charge in [-0.05, 0) is 37.3 Å². The van der Waals surface area contributed by atoms with Gasteiger partial charge >= 0.3 is 0 Å². The number of sulfonamides is 1. The van der Waals surface area contributed by atoms with Crippen molar-refractivity contribution < 1.29 is 17.7 Å². The van der Waals surface area contributed by atoms with E-state index < -0.39 is 10.0 Å². The molecule has 132 valence electrons. The molecule has 0 radical (unpaired) electrons. The van der Waals surface area contributed by atoms with Crippen LogP contribution in [0.25, 0.3) is 11.4 Å². The Balaban J connectivity index is 1.78. The molecule has 0 spiro atoms. The number of aryl methyl sites for hydroxylation is 1. The fraction of sp³-hybridized carbons (Fsp3) is 0.250. The van der Waals surface area contributed by atoms with Crippen molar-refractivity contribution in [3.63, 3.8) is 0 Å². The SMILES string of the molecule is CCOc1ccc(NS(=O)(=O)c2cc(-c3noc(CC)n3)cs2)cc1. The number of anilines is 1. The lowest BCUT2D eigenvalue weighted by atomic mass is 10.3. The first-order valence-electron chi connectivity index (χ1n) is 7.69. The van der Waals surface area contributed by atoms with Crippen LogP contribution in [0.2, 0.25) is 0 Å². The van der Waals surface area contributed by atoms with Crippen molar-refractivity contribution in [2.75, 3.05) is 11.3 Å². The van der Waals surface area contributed by atoms with E-state index in [0.29, 0.717) is 41.7 Å². The van der Waals surface area contributed by atoms with Gasteiger partial charge in [0.05, 0.1) is 6.61 Å². The van der Waals surface area contributed by atoms with E-state index in [2.05, 4.69) is 14.9 Å². The number of benzene rings is 1. The highest BCUT2D eigenvalue weighted by molar-refractivity contribution is 7.94. The number of ether oxygens (including phenoxy) is 1. The number of hydrogen-bond acceptors (Lipinski definition) is 7. The van der Waals surface area contributed by atoms with Crippen LogP contribution in [-0.4, -0.2) is 25.2 Å². The highest BCUT2D eigenvalue weighted by Gasteiger charge is 2.19. The number of thiophene rings is 1. The molecule has 3 aromatic rings. The molecule has 0 atom stereocenters. The van der Waals surface area contributed by atoms with Gasteiger partial charge in [0.25, 0.3) is 10.0 Å². The third-order valence-electron chi connectivity index (χ3n) is 3.29. The molecule has 0 amide bonds. The van der Waals surface area contributed by atoms with E-state index in [9.17, 15) is 8.42 Å². The largest absolute Gasteiger partial charge is 0.494 e. The number of hydrogen-bond donors (Lipinski definition) is 1. The van der Waals surface area contributed by atoms with Crippen LogP contribution in [0, 0.1) is 0 Å². The van der Waals surface area contributed by atoms with E-state index in [1.54, 1.807) is 29.6 Å². The fourth-order valence-corrected chi connectivity index (χ4v) is 4.30. The smallest absolute Gasteiger partial charge is 0.271 e. The van der Waals surface area contributed by atoms with Gasteiger partial charge < -0.3 is 9.26 Å². The van der Waals surface area contributed by atoms with Gasteiger partial charge in [0, 0.05) is 23.1 Å². The molecule has 0 aliphatic carbocycles. The summed E-state index contributed by atoms with van der Waals surface area (Å²) in [4.78, 5) is 4.21. The zero-order valence-corrected chi connectivity index (χ0v) is 15.4. The van der Waals surface area contributed by atoms with Crippen molar-refractivity contribution in [2.24, 2.45) is 0 Å². The first kappa shape index (κ1) is 17.4. The Hall–Kier alpha value is -2.39. The lowest BCUT2D eigenvalue weighted by Gasteiger charge is -2.07. The summed E-state index contributed by atoms with van der Waals surface area (Å²) >= 11 is 1.10. The van der Waals surface area contributed by atoms with Crippen molar-refractivity contribution in [1.82, 2.24) is 10.1 Å². The van der Waals surface area contributed by atoms with Gasteiger partial charge in [-0.15, -0.1) is 11.3 Å². The topological polar surface area (TPSA) is 94.3 Å². The van der Waals surface area contributed by atoms with Crippen LogP contribution in [0.5, 0.6) is 5.75 Å². The third kappa shape index (κ3) is 3.99. The summed E-state index contributed by atoms with van der Waals surface area (Å²) in [5.74, 6) is 1.58. The van der Waals surface area contributed by atoms with Gasteiger partial charge in [0.1, 0.15) is 9.96 Å². The van der Waals surface area contributed by atoms with Gasteiger partial charge in [-0.2, -0.15) is 4.98 Å². The summed E-state index contributed by atoms with van der Waals surface area (Å²) in [6, 6.07) is 8.28. The molecule has 1 aromatic carbocycles. The highest BCUT2D eigenvalue weighted by atomic mass is 32.2. The molecule has 0 unspecified atom stereocenters. The second kappa shape index (κ2) is 7.24. The van der Waals surface area contributed by atoms with E-state index in [0.717, 1.165) is 11.3 Å². The molecular weight excluding hydrogens is 362 g/mol. The molecule has 9 heteroatoms. The zero-order chi connectivity index (χ0) is 17.9. The molecule has 0 aliphatic heterocycles. The van der Waals surface area contributed by atoms with Gasteiger partial charge in [0.2, 0.25) is 11.7 Å². The molecule has 7 nitrogen and oxygen atoms in total. The molecule has 2 heterocycles. The van der Waals surface area contributed by atoms with E-state index in [1.165, 1.54) is 6.07 Å². The molecule has 0 saturated heterocycles. The molecular formula is C16H17N3O4S2. The van der Waals surface area contributed by atoms with Crippen LogP contribution in [0.3, 0.4) is 0 Å². The van der Waals surface area contributed by atoms with E-state index >= 15 is 0 Å². The molecule has 3 rings (SSSR count). The predicted molar refractivity (Wildman–Crippen MR) is 95.4 cm³/mol. The minimum Gasteiger partial charge on any atom is -0.494 e. The number of nitrogens with zero attached hydrogens (tertiary/aromatic N) is 2. The summed E-state index contributed by atoms with van der Waals surface area (Å²) in [7, 11) is -3.68. The molecule has 0 aliphatic rings. The summed E-state index contributed by atoms with van der Waals surface area (Å²) < 4.78 is 38.2. The normalized spacial score (nSPS) is 11.4. The second-order valence-corrected chi connectivity index (χ2v) is 7.90. The Bertz CT molecular complexity index is 946. The quantitative estimate of drug-likeness (QED) is 0.674. The molecule has 1 N–H and O–H groups in total. The highest BCUT2D eigenvalue weighted by Crippen LogP contribution is 2.28. The van der Waals surface area contributed by atoms with Crippen molar-refractivity contribution in [1.29, 1.82) is 0 Å². The summed E-state index contributed by atoms with van der Waals surface area (Å²) in [5, 5.41) is 5.55. The summed E-state index contributed by atoms with van der Waals surface area (Å²) in [6.07, 6.45) is 0.627. The Morgan fingerprint density at radius 3 is 2.64 bits per heavy atom. The summed E-state index contributed by atoms with van der Waals surface area (Å²) in [6.45, 7) is 4.35. The van der Waals surface area contributed by atoms with Gasteiger partial charge in [-0.1, -0.05) is 12.1 Å². The van der Waals surface area contributed by atoms with Crippen molar-refractivity contribution in [3.8, 4) is 17.1 Å². The number of rotatable bonds is 7. The predicted octanol–water partition coefficient (Wildman–Crippen LogP) is 3.56. The van der Waals surface area contributed by atoms with Gasteiger partial charge in [-0.3, -0.25) is 4.72 Å². The first-order valence-corrected chi connectivity index (χ1v) is 10.0. The van der Waals surface area contributed by atoms with Crippen LogP contribution in [-0.2, 0) is 16.4 Å². The maximum absolute atomic E-state index is 12.5. The van der Waals surface area contributed by atoms with Gasteiger partial charge in [0.15, 0.2) is 0 Å². The first-order chi connectivity index (χ1) is 12.0. The average Bonchev–Trinajstić information content (AvgIpc) is 3.26. The van der Waals surface area contributed by atoms with Crippen molar-refractivity contribution >= 4 is 27.0 Å². The Labute approximate surface area is 149 Å². The van der Waals surface area contributed by atoms with E-state index in [4.69, 9.17) is 9.26 Å². The third-order valence-corrected chi connectivity index (χ3v) is 6.11. The maximum atomic E-state index is 12.5. The molecule has 0 saturated carbocycles. The van der Waals surface area contributed by atoms with Crippen LogP contribution < -0.4 is 9.46 Å². The van der Waals surface area contributed by atoms with Crippen LogP contribution in [0.4, 0.5) is 5.69 Å². The van der Waals surface area contributed by atoms with Crippen molar-refractivity contribution in [3.05, 3.63) is 41.6 Å². The monoisotopic (exact) mass is 379 g/mol. The lowest BCUT2D eigenvalue weighted by molar-refractivity contribution is 0.340. The molecule has 25 heavy (non-hydrogen) atoms. The Morgan fingerprint density at radius 1 is 1.24 bits per heavy atom. The second-order valence-electron chi connectivity index (χ2n) is 5.08. The number of nitrogens with one attached hydrogen (secondary N) is 1. The van der Waals surface area contributed by atoms with Gasteiger partial charge in [-0.25, -0.2) is 8.42 Å².